The Morgan fingerprint density at radius 2 is 2.00 bits per heavy atom. The average Bonchev–Trinajstić information content (AvgIpc) is 2.17. The number of nitrogens with two attached hydrogens (primary N) is 1. The molecule has 84 valence electrons. The van der Waals surface area contributed by atoms with Gasteiger partial charge in [-0.1, -0.05) is 19.1 Å². The van der Waals surface area contributed by atoms with Crippen molar-refractivity contribution in [2.75, 3.05) is 25.5 Å². The highest BCUT2D eigenvalue weighted by atomic mass is 15.1. The summed E-state index contributed by atoms with van der Waals surface area (Å²) in [6.45, 7) is 5.18. The molecule has 0 heterocycles. The van der Waals surface area contributed by atoms with Crippen molar-refractivity contribution < 1.29 is 0 Å². The van der Waals surface area contributed by atoms with Gasteiger partial charge in [0.1, 0.15) is 0 Å². The minimum absolute atomic E-state index is 0.536. The van der Waals surface area contributed by atoms with Crippen LogP contribution in [0.25, 0.3) is 0 Å². The van der Waals surface area contributed by atoms with Crippen LogP contribution in [0.4, 0.5) is 5.69 Å². The average molecular weight is 206 g/mol. The van der Waals surface area contributed by atoms with Gasteiger partial charge >= 0.3 is 0 Å². The van der Waals surface area contributed by atoms with Crippen LogP contribution >= 0.6 is 0 Å². The van der Waals surface area contributed by atoms with Crippen molar-refractivity contribution >= 4 is 5.69 Å². The molecule has 0 fully saturated rings. The van der Waals surface area contributed by atoms with Crippen molar-refractivity contribution in [2.24, 2.45) is 5.73 Å². The smallest absolute Gasteiger partial charge is 0.0398 e. The molecule has 0 bridgehead atoms. The van der Waals surface area contributed by atoms with E-state index in [0.29, 0.717) is 5.92 Å². The van der Waals surface area contributed by atoms with Crippen LogP contribution in [0.2, 0.25) is 0 Å². The SMILES string of the molecule is Cc1cccc(N(C)C)c1C(C)CCN. The molecule has 0 amide bonds. The number of hydrogen-bond acceptors (Lipinski definition) is 2. The normalized spacial score (nSPS) is 12.6. The first-order valence-electron chi connectivity index (χ1n) is 5.54. The number of hydrogen-bond donors (Lipinski definition) is 1. The second-order valence-corrected chi connectivity index (χ2v) is 4.38. The highest BCUT2D eigenvalue weighted by Crippen LogP contribution is 2.31. The van der Waals surface area contributed by atoms with Crippen LogP contribution in [0, 0.1) is 6.92 Å². The molecule has 2 N–H and O–H groups in total. The van der Waals surface area contributed by atoms with E-state index in [1.54, 1.807) is 0 Å². The quantitative estimate of drug-likeness (QED) is 0.820. The summed E-state index contributed by atoms with van der Waals surface area (Å²) >= 11 is 0. The summed E-state index contributed by atoms with van der Waals surface area (Å²) in [5.74, 6) is 0.536. The maximum atomic E-state index is 5.63. The Kier molecular flexibility index (Phi) is 4.15. The Bertz CT molecular complexity index is 318. The maximum Gasteiger partial charge on any atom is 0.0398 e. The van der Waals surface area contributed by atoms with Gasteiger partial charge in [-0.2, -0.15) is 0 Å². The van der Waals surface area contributed by atoms with Crippen molar-refractivity contribution in [3.05, 3.63) is 29.3 Å². The van der Waals surface area contributed by atoms with Gasteiger partial charge in [-0.3, -0.25) is 0 Å². The minimum Gasteiger partial charge on any atom is -0.377 e. The zero-order valence-electron chi connectivity index (χ0n) is 10.2. The standard InChI is InChI=1S/C13H22N2/c1-10-6-5-7-12(15(3)4)13(10)11(2)8-9-14/h5-7,11H,8-9,14H2,1-4H3. The Labute approximate surface area is 93.1 Å². The molecule has 0 aliphatic heterocycles. The van der Waals surface area contributed by atoms with E-state index < -0.39 is 0 Å². The third-order valence-electron chi connectivity index (χ3n) is 2.88. The largest absolute Gasteiger partial charge is 0.377 e. The molecule has 1 unspecified atom stereocenters. The van der Waals surface area contributed by atoms with Crippen molar-refractivity contribution in [1.29, 1.82) is 0 Å². The van der Waals surface area contributed by atoms with Gasteiger partial charge in [-0.15, -0.1) is 0 Å². The van der Waals surface area contributed by atoms with E-state index in [0.717, 1.165) is 13.0 Å². The van der Waals surface area contributed by atoms with Crippen molar-refractivity contribution in [3.63, 3.8) is 0 Å². The predicted octanol–water partition coefficient (Wildman–Crippen LogP) is 2.51. The Hall–Kier alpha value is -1.02. The van der Waals surface area contributed by atoms with Crippen molar-refractivity contribution in [3.8, 4) is 0 Å². The number of aryl methyl sites for hydroxylation is 1. The van der Waals surface area contributed by atoms with Gasteiger partial charge in [-0.25, -0.2) is 0 Å². The van der Waals surface area contributed by atoms with Crippen LogP contribution in [0.15, 0.2) is 18.2 Å². The third-order valence-corrected chi connectivity index (χ3v) is 2.88. The first-order valence-corrected chi connectivity index (χ1v) is 5.54. The van der Waals surface area contributed by atoms with Gasteiger partial charge in [0.25, 0.3) is 0 Å². The van der Waals surface area contributed by atoms with Gasteiger partial charge in [0.05, 0.1) is 0 Å². The Morgan fingerprint density at radius 1 is 1.33 bits per heavy atom. The molecule has 0 saturated carbocycles. The van der Waals surface area contributed by atoms with Gasteiger partial charge < -0.3 is 10.6 Å². The molecular weight excluding hydrogens is 184 g/mol. The van der Waals surface area contributed by atoms with Crippen LogP contribution in [0.3, 0.4) is 0 Å². The summed E-state index contributed by atoms with van der Waals surface area (Å²) < 4.78 is 0. The highest BCUT2D eigenvalue weighted by molar-refractivity contribution is 5.57. The molecule has 0 aliphatic rings. The van der Waals surface area contributed by atoms with E-state index in [9.17, 15) is 0 Å². The fourth-order valence-corrected chi connectivity index (χ4v) is 2.09. The lowest BCUT2D eigenvalue weighted by atomic mass is 9.91. The molecule has 1 atom stereocenters. The summed E-state index contributed by atoms with van der Waals surface area (Å²) in [6.07, 6.45) is 1.05. The van der Waals surface area contributed by atoms with E-state index in [-0.39, 0.29) is 0 Å². The third kappa shape index (κ3) is 2.72. The zero-order chi connectivity index (χ0) is 11.4. The first kappa shape index (κ1) is 12.1. The summed E-state index contributed by atoms with van der Waals surface area (Å²) in [7, 11) is 4.18. The second-order valence-electron chi connectivity index (χ2n) is 4.38. The number of nitrogens with zero attached hydrogens (tertiary/aromatic N) is 1. The fraction of sp³-hybridized carbons (Fsp3) is 0.538. The highest BCUT2D eigenvalue weighted by Gasteiger charge is 2.13. The summed E-state index contributed by atoms with van der Waals surface area (Å²) in [6, 6.07) is 6.47. The number of benzene rings is 1. The van der Waals surface area contributed by atoms with Gasteiger partial charge in [0.2, 0.25) is 0 Å². The number of rotatable bonds is 4. The van der Waals surface area contributed by atoms with Crippen LogP contribution in [-0.4, -0.2) is 20.6 Å². The Morgan fingerprint density at radius 3 is 2.53 bits per heavy atom. The minimum atomic E-state index is 0.536. The van der Waals surface area contributed by atoms with Crippen molar-refractivity contribution in [1.82, 2.24) is 0 Å². The molecule has 0 aliphatic carbocycles. The molecule has 0 aromatic heterocycles. The second kappa shape index (κ2) is 5.17. The molecule has 2 nitrogen and oxygen atoms in total. The monoisotopic (exact) mass is 206 g/mol. The van der Waals surface area contributed by atoms with E-state index in [1.807, 2.05) is 0 Å². The first-order chi connectivity index (χ1) is 7.07. The van der Waals surface area contributed by atoms with Gasteiger partial charge in [-0.05, 0) is 43.0 Å². The summed E-state index contributed by atoms with van der Waals surface area (Å²) in [5.41, 5.74) is 9.75. The van der Waals surface area contributed by atoms with E-state index in [2.05, 4.69) is 51.0 Å². The van der Waals surface area contributed by atoms with Crippen LogP contribution < -0.4 is 10.6 Å². The zero-order valence-corrected chi connectivity index (χ0v) is 10.2. The number of anilines is 1. The maximum absolute atomic E-state index is 5.63. The van der Waals surface area contributed by atoms with Gasteiger partial charge in [0.15, 0.2) is 0 Å². The molecule has 0 radical (unpaired) electrons. The molecule has 15 heavy (non-hydrogen) atoms. The molecule has 0 spiro atoms. The lowest BCUT2D eigenvalue weighted by Crippen LogP contribution is -2.14. The summed E-state index contributed by atoms with van der Waals surface area (Å²) in [5, 5.41) is 0. The van der Waals surface area contributed by atoms with Crippen LogP contribution in [-0.2, 0) is 0 Å². The molecule has 1 aromatic carbocycles. The lowest BCUT2D eigenvalue weighted by Gasteiger charge is -2.23. The molecule has 0 saturated heterocycles. The predicted molar refractivity (Wildman–Crippen MR) is 67.6 cm³/mol. The van der Waals surface area contributed by atoms with Crippen LogP contribution in [0.5, 0.6) is 0 Å². The van der Waals surface area contributed by atoms with E-state index in [1.165, 1.54) is 16.8 Å². The lowest BCUT2D eigenvalue weighted by molar-refractivity contribution is 0.685. The molecule has 1 aromatic rings. The summed E-state index contributed by atoms with van der Waals surface area (Å²) in [4.78, 5) is 2.18. The van der Waals surface area contributed by atoms with Crippen molar-refractivity contribution in [2.45, 2.75) is 26.2 Å². The molecular formula is C13H22N2. The van der Waals surface area contributed by atoms with Crippen LogP contribution in [0.1, 0.15) is 30.4 Å². The van der Waals surface area contributed by atoms with Gasteiger partial charge in [0, 0.05) is 19.8 Å². The molecule has 1 rings (SSSR count). The molecule has 2 heteroatoms. The topological polar surface area (TPSA) is 29.3 Å². The van der Waals surface area contributed by atoms with E-state index in [4.69, 9.17) is 5.73 Å². The Balaban J connectivity index is 3.12. The van der Waals surface area contributed by atoms with E-state index >= 15 is 0 Å². The fourth-order valence-electron chi connectivity index (χ4n) is 2.09.